The Morgan fingerprint density at radius 1 is 1.67 bits per heavy atom. The maximum absolute atomic E-state index is 11.5. The zero-order valence-electron chi connectivity index (χ0n) is 7.53. The summed E-state index contributed by atoms with van der Waals surface area (Å²) >= 11 is 4.58. The highest BCUT2D eigenvalue weighted by atomic mass is 79.9. The summed E-state index contributed by atoms with van der Waals surface area (Å²) in [5.41, 5.74) is 1.35. The maximum atomic E-state index is 11.5. The molecule has 1 amide bonds. The highest BCUT2D eigenvalue weighted by Gasteiger charge is 2.09. The number of thiazole rings is 1. The maximum Gasteiger partial charge on any atom is 0.271 e. The lowest BCUT2D eigenvalue weighted by Crippen LogP contribution is -2.22. The average Bonchev–Trinajstić information content (AvgIpc) is 2.84. The molecule has 0 aromatic carbocycles. The van der Waals surface area contributed by atoms with Crippen molar-refractivity contribution in [2.75, 3.05) is 0 Å². The number of carbonyl (C=O) groups is 1. The van der Waals surface area contributed by atoms with Gasteiger partial charge in [-0.05, 0) is 15.9 Å². The predicted octanol–water partition coefficient (Wildman–Crippen LogP) is 1.56. The van der Waals surface area contributed by atoms with E-state index in [9.17, 15) is 4.79 Å². The van der Waals surface area contributed by atoms with Gasteiger partial charge < -0.3 is 5.32 Å². The first-order valence-electron chi connectivity index (χ1n) is 4.12. The van der Waals surface area contributed by atoms with Crippen molar-refractivity contribution >= 4 is 33.2 Å². The third-order valence-electron chi connectivity index (χ3n) is 1.72. The number of H-pyrrole nitrogens is 1. The molecule has 0 atom stereocenters. The Hall–Kier alpha value is -1.21. The van der Waals surface area contributed by atoms with Gasteiger partial charge in [0, 0.05) is 23.7 Å². The van der Waals surface area contributed by atoms with Crippen molar-refractivity contribution in [1.82, 2.24) is 20.5 Å². The second kappa shape index (κ2) is 4.54. The summed E-state index contributed by atoms with van der Waals surface area (Å²) in [6.45, 7) is 0.449. The topological polar surface area (TPSA) is 70.7 Å². The number of rotatable bonds is 3. The van der Waals surface area contributed by atoms with Crippen molar-refractivity contribution in [3.8, 4) is 0 Å². The zero-order valence-corrected chi connectivity index (χ0v) is 9.93. The fourth-order valence-corrected chi connectivity index (χ4v) is 1.99. The van der Waals surface area contributed by atoms with Gasteiger partial charge in [0.15, 0.2) is 3.92 Å². The largest absolute Gasteiger partial charge is 0.346 e. The lowest BCUT2D eigenvalue weighted by molar-refractivity contribution is 0.0946. The third-order valence-corrected chi connectivity index (χ3v) is 3.08. The lowest BCUT2D eigenvalue weighted by Gasteiger charge is -1.99. The van der Waals surface area contributed by atoms with E-state index in [1.807, 2.05) is 0 Å². The Kier molecular flexibility index (Phi) is 3.12. The van der Waals surface area contributed by atoms with Crippen LogP contribution in [0.2, 0.25) is 0 Å². The van der Waals surface area contributed by atoms with Crippen molar-refractivity contribution in [3.63, 3.8) is 0 Å². The van der Waals surface area contributed by atoms with Crippen LogP contribution in [-0.4, -0.2) is 21.1 Å². The molecule has 2 N–H and O–H groups in total. The van der Waals surface area contributed by atoms with Crippen molar-refractivity contribution in [3.05, 3.63) is 32.9 Å². The first-order chi connectivity index (χ1) is 7.25. The van der Waals surface area contributed by atoms with Crippen molar-refractivity contribution in [2.24, 2.45) is 0 Å². The van der Waals surface area contributed by atoms with E-state index in [0.717, 1.165) is 5.56 Å². The molecule has 78 valence electrons. The van der Waals surface area contributed by atoms with E-state index in [2.05, 4.69) is 36.4 Å². The molecule has 7 heteroatoms. The van der Waals surface area contributed by atoms with Crippen LogP contribution < -0.4 is 5.32 Å². The van der Waals surface area contributed by atoms with E-state index in [1.54, 1.807) is 17.8 Å². The molecule has 0 spiro atoms. The van der Waals surface area contributed by atoms with Gasteiger partial charge in [-0.1, -0.05) is 0 Å². The number of nitrogens with zero attached hydrogens (tertiary/aromatic N) is 2. The molecule has 2 rings (SSSR count). The standard InChI is InChI=1S/C8H7BrN4OS/c9-8-13-6(4-15-8)7(14)10-1-5-2-11-12-3-5/h2-4H,1H2,(H,10,14)(H,11,12). The third kappa shape index (κ3) is 2.63. The van der Waals surface area contributed by atoms with Crippen molar-refractivity contribution in [2.45, 2.75) is 6.54 Å². The minimum atomic E-state index is -0.182. The first kappa shape index (κ1) is 10.3. The van der Waals surface area contributed by atoms with Crippen molar-refractivity contribution < 1.29 is 4.79 Å². The van der Waals surface area contributed by atoms with Crippen LogP contribution in [0.25, 0.3) is 0 Å². The van der Waals surface area contributed by atoms with Gasteiger partial charge in [-0.2, -0.15) is 5.10 Å². The Morgan fingerprint density at radius 3 is 3.13 bits per heavy atom. The van der Waals surface area contributed by atoms with E-state index < -0.39 is 0 Å². The van der Waals surface area contributed by atoms with Crippen LogP contribution in [0.1, 0.15) is 16.1 Å². The van der Waals surface area contributed by atoms with E-state index in [4.69, 9.17) is 0 Å². The Morgan fingerprint density at radius 2 is 2.53 bits per heavy atom. The second-order valence-electron chi connectivity index (χ2n) is 2.77. The summed E-state index contributed by atoms with van der Waals surface area (Å²) in [6.07, 6.45) is 3.40. The molecule has 0 aliphatic rings. The molecule has 0 bridgehead atoms. The number of carbonyl (C=O) groups excluding carboxylic acids is 1. The summed E-state index contributed by atoms with van der Waals surface area (Å²) in [5.74, 6) is -0.182. The molecule has 2 aromatic heterocycles. The molecule has 0 aliphatic heterocycles. The number of aromatic amines is 1. The van der Waals surface area contributed by atoms with Gasteiger partial charge >= 0.3 is 0 Å². The fourth-order valence-electron chi connectivity index (χ4n) is 1.00. The van der Waals surface area contributed by atoms with Gasteiger partial charge in [-0.15, -0.1) is 11.3 Å². The smallest absolute Gasteiger partial charge is 0.271 e. The van der Waals surface area contributed by atoms with Gasteiger partial charge in [0.1, 0.15) is 5.69 Å². The molecule has 0 saturated carbocycles. The van der Waals surface area contributed by atoms with Crippen LogP contribution in [-0.2, 0) is 6.54 Å². The summed E-state index contributed by atoms with van der Waals surface area (Å²) in [7, 11) is 0. The Bertz CT molecular complexity index is 453. The molecule has 0 unspecified atom stereocenters. The molecule has 0 fully saturated rings. The molecular weight excluding hydrogens is 280 g/mol. The molecule has 2 aromatic rings. The first-order valence-corrected chi connectivity index (χ1v) is 5.80. The monoisotopic (exact) mass is 286 g/mol. The van der Waals surface area contributed by atoms with E-state index in [1.165, 1.54) is 11.3 Å². The zero-order chi connectivity index (χ0) is 10.7. The number of hydrogen-bond acceptors (Lipinski definition) is 4. The summed E-state index contributed by atoms with van der Waals surface area (Å²) < 4.78 is 0.705. The second-order valence-corrected chi connectivity index (χ2v) is 4.91. The molecular formula is C8H7BrN4OS. The average molecular weight is 287 g/mol. The predicted molar refractivity (Wildman–Crippen MR) is 59.6 cm³/mol. The number of halogens is 1. The minimum Gasteiger partial charge on any atom is -0.346 e. The normalized spacial score (nSPS) is 10.2. The lowest BCUT2D eigenvalue weighted by atomic mass is 10.3. The summed E-state index contributed by atoms with van der Waals surface area (Å²) in [5, 5.41) is 10.9. The molecule has 0 saturated heterocycles. The van der Waals surface area contributed by atoms with Gasteiger partial charge in [0.25, 0.3) is 5.91 Å². The Labute approximate surface area is 98.1 Å². The fraction of sp³-hybridized carbons (Fsp3) is 0.125. The minimum absolute atomic E-state index is 0.182. The Balaban J connectivity index is 1.93. The highest BCUT2D eigenvalue weighted by molar-refractivity contribution is 9.11. The van der Waals surface area contributed by atoms with Crippen LogP contribution in [0.15, 0.2) is 21.7 Å². The summed E-state index contributed by atoms with van der Waals surface area (Å²) in [6, 6.07) is 0. The van der Waals surface area contributed by atoms with Gasteiger partial charge in [-0.3, -0.25) is 9.89 Å². The van der Waals surface area contributed by atoms with E-state index >= 15 is 0 Å². The number of hydrogen-bond donors (Lipinski definition) is 2. The van der Waals surface area contributed by atoms with Gasteiger partial charge in [0.05, 0.1) is 6.20 Å². The molecule has 15 heavy (non-hydrogen) atoms. The van der Waals surface area contributed by atoms with Crippen LogP contribution in [0, 0.1) is 0 Å². The molecule has 0 aliphatic carbocycles. The molecule has 0 radical (unpaired) electrons. The van der Waals surface area contributed by atoms with E-state index in [-0.39, 0.29) is 5.91 Å². The number of aromatic nitrogens is 3. The summed E-state index contributed by atoms with van der Waals surface area (Å²) in [4.78, 5) is 15.5. The van der Waals surface area contributed by atoms with E-state index in [0.29, 0.717) is 16.2 Å². The highest BCUT2D eigenvalue weighted by Crippen LogP contribution is 2.15. The van der Waals surface area contributed by atoms with Gasteiger partial charge in [-0.25, -0.2) is 4.98 Å². The van der Waals surface area contributed by atoms with Gasteiger partial charge in [0.2, 0.25) is 0 Å². The van der Waals surface area contributed by atoms with Crippen molar-refractivity contribution in [1.29, 1.82) is 0 Å². The quantitative estimate of drug-likeness (QED) is 0.900. The molecule has 5 nitrogen and oxygen atoms in total. The van der Waals surface area contributed by atoms with Crippen LogP contribution >= 0.6 is 27.3 Å². The SMILES string of the molecule is O=C(NCc1cn[nH]c1)c1csc(Br)n1. The van der Waals surface area contributed by atoms with Crippen LogP contribution in [0.4, 0.5) is 0 Å². The number of amides is 1. The number of nitrogens with one attached hydrogen (secondary N) is 2. The van der Waals surface area contributed by atoms with Crippen LogP contribution in [0.5, 0.6) is 0 Å². The molecule has 2 heterocycles. The van der Waals surface area contributed by atoms with Crippen LogP contribution in [0.3, 0.4) is 0 Å².